The number of hydrogen-bond acceptors (Lipinski definition) is 2. The molecule has 76 valence electrons. The molecule has 1 aromatic carbocycles. The van der Waals surface area contributed by atoms with Crippen LogP contribution in [0.1, 0.15) is 49.7 Å². The van der Waals surface area contributed by atoms with E-state index in [2.05, 4.69) is 6.92 Å². The van der Waals surface area contributed by atoms with Gasteiger partial charge >= 0.3 is 0 Å². The van der Waals surface area contributed by atoms with Crippen molar-refractivity contribution in [2.45, 2.75) is 38.6 Å². The third-order valence-electron chi connectivity index (χ3n) is 2.72. The van der Waals surface area contributed by atoms with Gasteiger partial charge in [0.05, 0.1) is 6.10 Å². The van der Waals surface area contributed by atoms with Gasteiger partial charge in [0.15, 0.2) is 6.29 Å². The Labute approximate surface area is 84.5 Å². The minimum Gasteiger partial charge on any atom is -0.364 e. The van der Waals surface area contributed by atoms with Crippen molar-refractivity contribution in [2.75, 3.05) is 0 Å². The van der Waals surface area contributed by atoms with Crippen molar-refractivity contribution in [3.63, 3.8) is 0 Å². The predicted molar refractivity (Wildman–Crippen MR) is 54.8 cm³/mol. The molecule has 0 amide bonds. The van der Waals surface area contributed by atoms with Gasteiger partial charge in [0.25, 0.3) is 0 Å². The van der Waals surface area contributed by atoms with Gasteiger partial charge in [0, 0.05) is 5.56 Å². The molecular weight excluding hydrogens is 176 g/mol. The summed E-state index contributed by atoms with van der Waals surface area (Å²) in [6, 6.07) is 7.92. The third-order valence-corrected chi connectivity index (χ3v) is 2.72. The van der Waals surface area contributed by atoms with Crippen LogP contribution >= 0.6 is 0 Å². The highest BCUT2D eigenvalue weighted by Crippen LogP contribution is 2.39. The first-order valence-electron chi connectivity index (χ1n) is 5.25. The Bertz CT molecular complexity index is 309. The average Bonchev–Trinajstić information content (AvgIpc) is 2.54. The monoisotopic (exact) mass is 192 g/mol. The van der Waals surface area contributed by atoms with E-state index in [1.807, 2.05) is 24.3 Å². The molecule has 0 fully saturated rings. The fourth-order valence-corrected chi connectivity index (χ4v) is 1.94. The minimum absolute atomic E-state index is 0.0983. The number of aliphatic hydroxyl groups excluding tert-OH is 1. The van der Waals surface area contributed by atoms with Crippen LogP contribution in [0.5, 0.6) is 0 Å². The quantitative estimate of drug-likeness (QED) is 0.797. The number of unbranched alkanes of at least 4 members (excludes halogenated alkanes) is 1. The second kappa shape index (κ2) is 4.11. The minimum atomic E-state index is -0.715. The van der Waals surface area contributed by atoms with Crippen molar-refractivity contribution in [3.05, 3.63) is 35.4 Å². The molecule has 0 aliphatic carbocycles. The van der Waals surface area contributed by atoms with E-state index in [-0.39, 0.29) is 6.10 Å². The summed E-state index contributed by atoms with van der Waals surface area (Å²) in [6.45, 7) is 2.16. The molecule has 0 saturated carbocycles. The average molecular weight is 192 g/mol. The molecule has 14 heavy (non-hydrogen) atoms. The van der Waals surface area contributed by atoms with Gasteiger partial charge in [-0.25, -0.2) is 0 Å². The zero-order valence-corrected chi connectivity index (χ0v) is 8.44. The summed E-state index contributed by atoms with van der Waals surface area (Å²) in [7, 11) is 0. The van der Waals surface area contributed by atoms with E-state index >= 15 is 0 Å². The van der Waals surface area contributed by atoms with E-state index in [9.17, 15) is 5.11 Å². The Morgan fingerprint density at radius 1 is 1.29 bits per heavy atom. The van der Waals surface area contributed by atoms with Crippen LogP contribution in [0.4, 0.5) is 0 Å². The summed E-state index contributed by atoms with van der Waals surface area (Å²) in [5, 5.41) is 9.63. The first kappa shape index (κ1) is 9.69. The Hall–Kier alpha value is -0.860. The largest absolute Gasteiger partial charge is 0.364 e. The van der Waals surface area contributed by atoms with E-state index < -0.39 is 6.29 Å². The maximum atomic E-state index is 9.63. The Morgan fingerprint density at radius 3 is 2.71 bits per heavy atom. The fourth-order valence-electron chi connectivity index (χ4n) is 1.94. The lowest BCUT2D eigenvalue weighted by molar-refractivity contribution is -0.122. The first-order chi connectivity index (χ1) is 6.83. The van der Waals surface area contributed by atoms with Gasteiger partial charge in [0.1, 0.15) is 0 Å². The molecule has 0 aromatic heterocycles. The standard InChI is InChI=1S/C12H16O2/c1-2-3-8-11-9-6-4-5-7-10(9)12(13)14-11/h4-7,11-13H,2-3,8H2,1H3. The Kier molecular flexibility index (Phi) is 2.85. The summed E-state index contributed by atoms with van der Waals surface area (Å²) in [5.74, 6) is 0. The predicted octanol–water partition coefficient (Wildman–Crippen LogP) is 2.94. The highest BCUT2D eigenvalue weighted by Gasteiger charge is 2.28. The summed E-state index contributed by atoms with van der Waals surface area (Å²) >= 11 is 0. The van der Waals surface area contributed by atoms with Crippen LogP contribution in [0.2, 0.25) is 0 Å². The van der Waals surface area contributed by atoms with E-state index in [0.717, 1.165) is 30.4 Å². The molecule has 2 unspecified atom stereocenters. The molecule has 1 aromatic rings. The van der Waals surface area contributed by atoms with Gasteiger partial charge in [-0.1, -0.05) is 44.0 Å². The lowest BCUT2D eigenvalue weighted by atomic mass is 10.0. The van der Waals surface area contributed by atoms with Crippen LogP contribution in [0.3, 0.4) is 0 Å². The molecule has 1 aliphatic rings. The van der Waals surface area contributed by atoms with Gasteiger partial charge in [-0.15, -0.1) is 0 Å². The molecule has 2 heteroatoms. The Morgan fingerprint density at radius 2 is 2.00 bits per heavy atom. The summed E-state index contributed by atoms with van der Waals surface area (Å²) in [6.07, 6.45) is 2.70. The molecule has 1 heterocycles. The molecule has 2 rings (SSSR count). The fraction of sp³-hybridized carbons (Fsp3) is 0.500. The molecule has 2 atom stereocenters. The molecule has 0 bridgehead atoms. The van der Waals surface area contributed by atoms with E-state index in [4.69, 9.17) is 4.74 Å². The molecule has 0 radical (unpaired) electrons. The number of hydrogen-bond donors (Lipinski definition) is 1. The number of benzene rings is 1. The van der Waals surface area contributed by atoms with Crippen LogP contribution in [0.25, 0.3) is 0 Å². The van der Waals surface area contributed by atoms with Crippen LogP contribution in [-0.4, -0.2) is 5.11 Å². The zero-order chi connectivity index (χ0) is 9.97. The highest BCUT2D eigenvalue weighted by molar-refractivity contribution is 5.33. The summed E-state index contributed by atoms with van der Waals surface area (Å²) < 4.78 is 5.49. The smallest absolute Gasteiger partial charge is 0.182 e. The molecule has 0 spiro atoms. The van der Waals surface area contributed by atoms with Crippen molar-refractivity contribution in [1.82, 2.24) is 0 Å². The van der Waals surface area contributed by atoms with Crippen LogP contribution in [-0.2, 0) is 4.74 Å². The van der Waals surface area contributed by atoms with Gasteiger partial charge in [-0.05, 0) is 12.0 Å². The Balaban J connectivity index is 2.17. The second-order valence-electron chi connectivity index (χ2n) is 3.75. The van der Waals surface area contributed by atoms with Crippen molar-refractivity contribution < 1.29 is 9.84 Å². The SMILES string of the molecule is CCCCC1OC(O)c2ccccc21. The first-order valence-corrected chi connectivity index (χ1v) is 5.25. The number of ether oxygens (including phenoxy) is 1. The molecule has 2 nitrogen and oxygen atoms in total. The van der Waals surface area contributed by atoms with E-state index in [1.165, 1.54) is 0 Å². The number of rotatable bonds is 3. The maximum absolute atomic E-state index is 9.63. The van der Waals surface area contributed by atoms with Crippen LogP contribution < -0.4 is 0 Å². The normalized spacial score (nSPS) is 25.0. The highest BCUT2D eigenvalue weighted by atomic mass is 16.6. The topological polar surface area (TPSA) is 29.5 Å². The number of aliphatic hydroxyl groups is 1. The van der Waals surface area contributed by atoms with Crippen molar-refractivity contribution >= 4 is 0 Å². The lowest BCUT2D eigenvalue weighted by Gasteiger charge is -2.10. The van der Waals surface area contributed by atoms with Crippen molar-refractivity contribution in [2.24, 2.45) is 0 Å². The van der Waals surface area contributed by atoms with E-state index in [1.54, 1.807) is 0 Å². The van der Waals surface area contributed by atoms with Crippen molar-refractivity contribution in [3.8, 4) is 0 Å². The molecule has 1 N–H and O–H groups in total. The van der Waals surface area contributed by atoms with Gasteiger partial charge in [-0.3, -0.25) is 0 Å². The summed E-state index contributed by atoms with van der Waals surface area (Å²) in [5.41, 5.74) is 2.10. The lowest BCUT2D eigenvalue weighted by Crippen LogP contribution is -1.97. The van der Waals surface area contributed by atoms with Crippen LogP contribution in [0, 0.1) is 0 Å². The molecule has 1 aliphatic heterocycles. The van der Waals surface area contributed by atoms with Gasteiger partial charge in [0.2, 0.25) is 0 Å². The van der Waals surface area contributed by atoms with Gasteiger partial charge < -0.3 is 9.84 Å². The van der Waals surface area contributed by atoms with Crippen molar-refractivity contribution in [1.29, 1.82) is 0 Å². The molecule has 0 saturated heterocycles. The number of fused-ring (bicyclic) bond motifs is 1. The second-order valence-corrected chi connectivity index (χ2v) is 3.75. The zero-order valence-electron chi connectivity index (χ0n) is 8.44. The maximum Gasteiger partial charge on any atom is 0.182 e. The summed E-state index contributed by atoms with van der Waals surface area (Å²) in [4.78, 5) is 0. The molecular formula is C12H16O2. The van der Waals surface area contributed by atoms with Crippen LogP contribution in [0.15, 0.2) is 24.3 Å². The third kappa shape index (κ3) is 1.68. The van der Waals surface area contributed by atoms with Gasteiger partial charge in [-0.2, -0.15) is 0 Å². The van der Waals surface area contributed by atoms with E-state index in [0.29, 0.717) is 0 Å².